The molecule has 0 atom stereocenters. The van der Waals surface area contributed by atoms with Crippen LogP contribution in [0.4, 0.5) is 0 Å². The number of quaternary nitrogens is 1. The standard InChI is InChI=1S/C7H16NO/c1-5-7-8(3,4)9-6-2/h5H,1,6-7H2,2-4H3/q+1. The zero-order chi connectivity index (χ0) is 7.33. The fraction of sp³-hybridized carbons (Fsp3) is 0.714. The Bertz CT molecular complexity index is 88.9. The maximum atomic E-state index is 5.34. The van der Waals surface area contributed by atoms with Gasteiger partial charge in [0.05, 0.1) is 14.1 Å². The van der Waals surface area contributed by atoms with E-state index in [0.717, 1.165) is 13.2 Å². The van der Waals surface area contributed by atoms with Crippen molar-refractivity contribution in [3.8, 4) is 0 Å². The molecule has 0 aromatic carbocycles. The normalized spacial score (nSPS) is 11.4. The molecule has 0 aliphatic carbocycles. The predicted molar refractivity (Wildman–Crippen MR) is 38.8 cm³/mol. The Morgan fingerprint density at radius 3 is 2.44 bits per heavy atom. The van der Waals surface area contributed by atoms with Crippen molar-refractivity contribution in [2.75, 3.05) is 27.2 Å². The predicted octanol–water partition coefficient (Wildman–Crippen LogP) is 1.20. The first-order valence-electron chi connectivity index (χ1n) is 3.21. The molecule has 9 heavy (non-hydrogen) atoms. The molecule has 0 heterocycles. The molecule has 0 aliphatic rings. The summed E-state index contributed by atoms with van der Waals surface area (Å²) in [6, 6.07) is 0. The molecule has 2 heteroatoms. The maximum absolute atomic E-state index is 5.34. The van der Waals surface area contributed by atoms with Gasteiger partial charge >= 0.3 is 0 Å². The second-order valence-corrected chi connectivity index (χ2v) is 2.46. The van der Waals surface area contributed by atoms with E-state index in [1.807, 2.05) is 27.1 Å². The van der Waals surface area contributed by atoms with Gasteiger partial charge in [0.15, 0.2) is 0 Å². The van der Waals surface area contributed by atoms with Crippen molar-refractivity contribution in [3.63, 3.8) is 0 Å². The molecule has 2 nitrogen and oxygen atoms in total. The molecule has 0 rings (SSSR count). The van der Waals surface area contributed by atoms with Gasteiger partial charge in [-0.3, -0.25) is 0 Å². The van der Waals surface area contributed by atoms with Gasteiger partial charge in [-0.2, -0.15) is 4.65 Å². The van der Waals surface area contributed by atoms with Crippen molar-refractivity contribution >= 4 is 0 Å². The zero-order valence-corrected chi connectivity index (χ0v) is 6.55. The Kier molecular flexibility index (Phi) is 3.50. The van der Waals surface area contributed by atoms with E-state index < -0.39 is 0 Å². The highest BCUT2D eigenvalue weighted by Crippen LogP contribution is 1.96. The molecule has 0 amide bonds. The summed E-state index contributed by atoms with van der Waals surface area (Å²) in [5, 5.41) is 0. The largest absolute Gasteiger partial charge is 0.203 e. The van der Waals surface area contributed by atoms with E-state index in [2.05, 4.69) is 6.58 Å². The number of likely N-dealkylation sites (N-methyl/N-ethyl adjacent to an activating group) is 1. The second kappa shape index (κ2) is 3.64. The third-order valence-corrected chi connectivity index (χ3v) is 1.05. The van der Waals surface area contributed by atoms with Crippen LogP contribution < -0.4 is 0 Å². The van der Waals surface area contributed by atoms with Gasteiger partial charge < -0.3 is 0 Å². The number of hydrogen-bond acceptors (Lipinski definition) is 1. The maximum Gasteiger partial charge on any atom is 0.127 e. The van der Waals surface area contributed by atoms with Gasteiger partial charge in [-0.15, -0.1) is 0 Å². The molecule has 54 valence electrons. The monoisotopic (exact) mass is 130 g/mol. The third-order valence-electron chi connectivity index (χ3n) is 1.05. The molecule has 0 N–H and O–H groups in total. The van der Waals surface area contributed by atoms with E-state index in [1.165, 1.54) is 0 Å². The summed E-state index contributed by atoms with van der Waals surface area (Å²) in [6.07, 6.45) is 1.86. The van der Waals surface area contributed by atoms with Crippen LogP contribution >= 0.6 is 0 Å². The summed E-state index contributed by atoms with van der Waals surface area (Å²) in [5.41, 5.74) is 0. The van der Waals surface area contributed by atoms with Crippen LogP contribution in [0.5, 0.6) is 0 Å². The molecule has 0 saturated carbocycles. The summed E-state index contributed by atoms with van der Waals surface area (Å²) >= 11 is 0. The van der Waals surface area contributed by atoms with Crippen LogP contribution in [0, 0.1) is 0 Å². The smallest absolute Gasteiger partial charge is 0.127 e. The molecule has 0 radical (unpaired) electrons. The average Bonchev–Trinajstić information content (AvgIpc) is 1.64. The first kappa shape index (κ1) is 8.66. The summed E-state index contributed by atoms with van der Waals surface area (Å²) in [7, 11) is 4.01. The third kappa shape index (κ3) is 4.18. The van der Waals surface area contributed by atoms with E-state index in [1.54, 1.807) is 0 Å². The fourth-order valence-corrected chi connectivity index (χ4v) is 0.713. The minimum Gasteiger partial charge on any atom is -0.203 e. The van der Waals surface area contributed by atoms with Gasteiger partial charge in [0.1, 0.15) is 13.2 Å². The number of rotatable bonds is 4. The SMILES string of the molecule is C=CC[N+](C)(C)OCC. The quantitative estimate of drug-likeness (QED) is 0.315. The number of nitrogens with zero attached hydrogens (tertiary/aromatic N) is 1. The van der Waals surface area contributed by atoms with Crippen molar-refractivity contribution in [2.45, 2.75) is 6.92 Å². The second-order valence-electron chi connectivity index (χ2n) is 2.46. The van der Waals surface area contributed by atoms with E-state index in [4.69, 9.17) is 4.84 Å². The first-order chi connectivity index (χ1) is 4.12. The van der Waals surface area contributed by atoms with Crippen molar-refractivity contribution in [1.82, 2.24) is 0 Å². The van der Waals surface area contributed by atoms with Crippen LogP contribution in [0.1, 0.15) is 6.92 Å². The van der Waals surface area contributed by atoms with Crippen LogP contribution in [-0.2, 0) is 4.84 Å². The lowest BCUT2D eigenvalue weighted by molar-refractivity contribution is -1.07. The van der Waals surface area contributed by atoms with E-state index in [0.29, 0.717) is 4.65 Å². The van der Waals surface area contributed by atoms with E-state index in [9.17, 15) is 0 Å². The molecule has 0 bridgehead atoms. The average molecular weight is 130 g/mol. The summed E-state index contributed by atoms with van der Waals surface area (Å²) < 4.78 is 0.569. The van der Waals surface area contributed by atoms with Gasteiger partial charge in [-0.05, 0) is 13.0 Å². The van der Waals surface area contributed by atoms with Crippen LogP contribution in [0.25, 0.3) is 0 Å². The molecule has 0 saturated heterocycles. The van der Waals surface area contributed by atoms with E-state index in [-0.39, 0.29) is 0 Å². The molecule has 0 aromatic heterocycles. The molecule has 0 unspecified atom stereocenters. The van der Waals surface area contributed by atoms with Crippen LogP contribution in [0.15, 0.2) is 12.7 Å². The fourth-order valence-electron chi connectivity index (χ4n) is 0.713. The Morgan fingerprint density at radius 1 is 1.56 bits per heavy atom. The van der Waals surface area contributed by atoms with Crippen molar-refractivity contribution in [3.05, 3.63) is 12.7 Å². The first-order valence-corrected chi connectivity index (χ1v) is 3.21. The van der Waals surface area contributed by atoms with Gasteiger partial charge in [0.2, 0.25) is 0 Å². The number of hydrogen-bond donors (Lipinski definition) is 0. The van der Waals surface area contributed by atoms with E-state index >= 15 is 0 Å². The van der Waals surface area contributed by atoms with Gasteiger partial charge in [0.25, 0.3) is 0 Å². The molecule has 0 aliphatic heterocycles. The highest BCUT2D eigenvalue weighted by Gasteiger charge is 2.11. The van der Waals surface area contributed by atoms with Crippen molar-refractivity contribution in [2.24, 2.45) is 0 Å². The number of hydroxylamine groups is 3. The lowest BCUT2D eigenvalue weighted by Gasteiger charge is -2.24. The Labute approximate surface area is 57.3 Å². The molecule has 0 fully saturated rings. The highest BCUT2D eigenvalue weighted by atomic mass is 16.7. The highest BCUT2D eigenvalue weighted by molar-refractivity contribution is 4.62. The van der Waals surface area contributed by atoms with Gasteiger partial charge in [-0.1, -0.05) is 6.58 Å². The summed E-state index contributed by atoms with van der Waals surface area (Å²) in [5.74, 6) is 0. The van der Waals surface area contributed by atoms with Crippen molar-refractivity contribution in [1.29, 1.82) is 0 Å². The Hall–Kier alpha value is -0.340. The Balaban J connectivity index is 3.55. The van der Waals surface area contributed by atoms with Crippen LogP contribution in [0.3, 0.4) is 0 Å². The minimum atomic E-state index is 0.569. The topological polar surface area (TPSA) is 9.23 Å². The molecular weight excluding hydrogens is 114 g/mol. The molecule has 0 aromatic rings. The van der Waals surface area contributed by atoms with Crippen LogP contribution in [0.2, 0.25) is 0 Å². The molecule has 0 spiro atoms. The summed E-state index contributed by atoms with van der Waals surface area (Å²) in [6.45, 7) is 7.23. The summed E-state index contributed by atoms with van der Waals surface area (Å²) in [4.78, 5) is 5.34. The Morgan fingerprint density at radius 2 is 2.11 bits per heavy atom. The lowest BCUT2D eigenvalue weighted by Crippen LogP contribution is -2.39. The van der Waals surface area contributed by atoms with Gasteiger partial charge in [-0.25, -0.2) is 4.84 Å². The lowest BCUT2D eigenvalue weighted by atomic mass is 10.6. The molecular formula is C7H16NO+. The minimum absolute atomic E-state index is 0.569. The van der Waals surface area contributed by atoms with Crippen LogP contribution in [-0.4, -0.2) is 31.9 Å². The zero-order valence-electron chi connectivity index (χ0n) is 6.55. The van der Waals surface area contributed by atoms with Crippen molar-refractivity contribution < 1.29 is 9.48 Å². The van der Waals surface area contributed by atoms with Gasteiger partial charge in [0, 0.05) is 0 Å².